The first kappa shape index (κ1) is 5.82. The van der Waals surface area contributed by atoms with Crippen LogP contribution in [-0.4, -0.2) is 22.8 Å². The molecule has 8 heavy (non-hydrogen) atoms. The van der Waals surface area contributed by atoms with E-state index < -0.39 is 0 Å². The van der Waals surface area contributed by atoms with Crippen LogP contribution in [0.3, 0.4) is 0 Å². The molecule has 2 nitrogen and oxygen atoms in total. The van der Waals surface area contributed by atoms with E-state index in [-0.39, 0.29) is 11.9 Å². The molecular formula is C5H10O2Si. The van der Waals surface area contributed by atoms with E-state index in [4.69, 9.17) is 4.74 Å². The van der Waals surface area contributed by atoms with E-state index in [9.17, 15) is 4.79 Å². The SMILES string of the molecule is O=C1OCCC1C[SiH3]. The van der Waals surface area contributed by atoms with Crippen molar-refractivity contribution in [3.8, 4) is 0 Å². The van der Waals surface area contributed by atoms with Crippen molar-refractivity contribution >= 4 is 16.2 Å². The van der Waals surface area contributed by atoms with Crippen LogP contribution in [0.1, 0.15) is 6.42 Å². The smallest absolute Gasteiger partial charge is 0.308 e. The second-order valence-corrected chi connectivity index (χ2v) is 2.88. The maximum Gasteiger partial charge on any atom is 0.308 e. The summed E-state index contributed by atoms with van der Waals surface area (Å²) in [5.74, 6) is 0.293. The van der Waals surface area contributed by atoms with Gasteiger partial charge in [0.15, 0.2) is 0 Å². The van der Waals surface area contributed by atoms with Gasteiger partial charge in [-0.25, -0.2) is 0 Å². The maximum atomic E-state index is 10.6. The van der Waals surface area contributed by atoms with Gasteiger partial charge in [0.1, 0.15) is 0 Å². The van der Waals surface area contributed by atoms with Crippen molar-refractivity contribution in [2.45, 2.75) is 12.5 Å². The molecule has 0 N–H and O–H groups in total. The van der Waals surface area contributed by atoms with Gasteiger partial charge in [-0.15, -0.1) is 0 Å². The van der Waals surface area contributed by atoms with Crippen molar-refractivity contribution in [2.24, 2.45) is 5.92 Å². The summed E-state index contributed by atoms with van der Waals surface area (Å²) in [5, 5.41) is 0. The minimum atomic E-state index is 0.0278. The number of carbonyl (C=O) groups excluding carboxylic acids is 1. The highest BCUT2D eigenvalue weighted by Gasteiger charge is 2.23. The van der Waals surface area contributed by atoms with Crippen molar-refractivity contribution in [3.63, 3.8) is 0 Å². The molecule has 0 aliphatic carbocycles. The quantitative estimate of drug-likeness (QED) is 0.348. The lowest BCUT2D eigenvalue weighted by atomic mass is 10.1. The first-order valence-electron chi connectivity index (χ1n) is 3.01. The Morgan fingerprint density at radius 2 is 2.62 bits per heavy atom. The molecule has 0 bridgehead atoms. The van der Waals surface area contributed by atoms with E-state index in [0.29, 0.717) is 6.61 Å². The topological polar surface area (TPSA) is 26.3 Å². The molecule has 0 aromatic rings. The molecule has 3 heteroatoms. The van der Waals surface area contributed by atoms with Crippen LogP contribution < -0.4 is 0 Å². The van der Waals surface area contributed by atoms with Crippen molar-refractivity contribution in [1.29, 1.82) is 0 Å². The molecule has 1 saturated heterocycles. The minimum Gasteiger partial charge on any atom is -0.465 e. The summed E-state index contributed by atoms with van der Waals surface area (Å²) < 4.78 is 4.74. The van der Waals surface area contributed by atoms with E-state index in [1.807, 2.05) is 0 Å². The van der Waals surface area contributed by atoms with Crippen LogP contribution in [0.2, 0.25) is 6.04 Å². The number of hydrogen-bond acceptors (Lipinski definition) is 2. The molecule has 0 spiro atoms. The lowest BCUT2D eigenvalue weighted by molar-refractivity contribution is -0.140. The van der Waals surface area contributed by atoms with Gasteiger partial charge in [0.05, 0.1) is 12.5 Å². The number of rotatable bonds is 1. The van der Waals surface area contributed by atoms with E-state index >= 15 is 0 Å². The Balaban J connectivity index is 2.42. The Bertz CT molecular complexity index is 103. The molecule has 1 aliphatic heterocycles. The van der Waals surface area contributed by atoms with Crippen LogP contribution in [0.5, 0.6) is 0 Å². The maximum absolute atomic E-state index is 10.6. The Morgan fingerprint density at radius 3 is 2.88 bits per heavy atom. The molecule has 0 radical (unpaired) electrons. The van der Waals surface area contributed by atoms with Crippen LogP contribution in [0.15, 0.2) is 0 Å². The lowest BCUT2D eigenvalue weighted by Crippen LogP contribution is -2.05. The van der Waals surface area contributed by atoms with Gasteiger partial charge in [-0.2, -0.15) is 0 Å². The first-order valence-corrected chi connectivity index (χ1v) is 4.42. The summed E-state index contributed by atoms with van der Waals surface area (Å²) in [5.41, 5.74) is 0. The molecule has 1 heterocycles. The van der Waals surface area contributed by atoms with Gasteiger partial charge in [-0.05, 0) is 6.42 Å². The zero-order valence-electron chi connectivity index (χ0n) is 5.02. The van der Waals surface area contributed by atoms with E-state index in [1.165, 1.54) is 0 Å². The minimum absolute atomic E-state index is 0.0278. The van der Waals surface area contributed by atoms with Crippen molar-refractivity contribution in [1.82, 2.24) is 0 Å². The summed E-state index contributed by atoms with van der Waals surface area (Å²) in [6.07, 6.45) is 0.961. The monoisotopic (exact) mass is 130 g/mol. The summed E-state index contributed by atoms with van der Waals surface area (Å²) in [4.78, 5) is 10.6. The number of carbonyl (C=O) groups is 1. The molecule has 1 unspecified atom stereocenters. The number of cyclic esters (lactones) is 1. The fourth-order valence-corrected chi connectivity index (χ4v) is 1.65. The highest BCUT2D eigenvalue weighted by Crippen LogP contribution is 2.16. The van der Waals surface area contributed by atoms with Crippen LogP contribution in [0.4, 0.5) is 0 Å². The molecule has 0 aromatic heterocycles. The molecular weight excluding hydrogens is 120 g/mol. The Kier molecular flexibility index (Phi) is 1.68. The fraction of sp³-hybridized carbons (Fsp3) is 0.800. The molecule has 1 aliphatic rings. The summed E-state index contributed by atoms with van der Waals surface area (Å²) in [6.45, 7) is 0.658. The van der Waals surface area contributed by atoms with E-state index in [1.54, 1.807) is 0 Å². The normalized spacial score (nSPS) is 28.5. The second-order valence-electron chi connectivity index (χ2n) is 2.06. The lowest BCUT2D eigenvalue weighted by Gasteiger charge is -1.95. The summed E-state index contributed by atoms with van der Waals surface area (Å²) in [6, 6.07) is 1.07. The zero-order chi connectivity index (χ0) is 5.98. The van der Waals surface area contributed by atoms with E-state index in [2.05, 4.69) is 0 Å². The second kappa shape index (κ2) is 2.30. The molecule has 0 aromatic carbocycles. The molecule has 0 amide bonds. The first-order chi connectivity index (χ1) is 3.84. The van der Waals surface area contributed by atoms with Crippen LogP contribution >= 0.6 is 0 Å². The van der Waals surface area contributed by atoms with E-state index in [0.717, 1.165) is 22.7 Å². The molecule has 1 fully saturated rings. The highest BCUT2D eigenvalue weighted by molar-refractivity contribution is 6.10. The Labute approximate surface area is 51.6 Å². The van der Waals surface area contributed by atoms with Gasteiger partial charge in [0.25, 0.3) is 0 Å². The van der Waals surface area contributed by atoms with Gasteiger partial charge in [0.2, 0.25) is 0 Å². The van der Waals surface area contributed by atoms with Crippen LogP contribution in [0, 0.1) is 5.92 Å². The molecule has 1 atom stereocenters. The standard InChI is InChI=1S/C5H10O2Si/c6-5-4(3-8)1-2-7-5/h4H,1-3H2,8H3. The third-order valence-corrected chi connectivity index (χ3v) is 2.52. The van der Waals surface area contributed by atoms with Gasteiger partial charge >= 0.3 is 5.97 Å². The number of esters is 1. The van der Waals surface area contributed by atoms with Gasteiger partial charge in [0, 0.05) is 10.2 Å². The number of ether oxygens (including phenoxy) is 1. The van der Waals surface area contributed by atoms with Gasteiger partial charge in [-0.1, -0.05) is 6.04 Å². The third kappa shape index (κ3) is 0.915. The average Bonchev–Trinajstić information content (AvgIpc) is 2.14. The predicted molar refractivity (Wildman–Crippen MR) is 33.8 cm³/mol. The van der Waals surface area contributed by atoms with Gasteiger partial charge in [-0.3, -0.25) is 4.79 Å². The van der Waals surface area contributed by atoms with Crippen LogP contribution in [-0.2, 0) is 9.53 Å². The summed E-state index contributed by atoms with van der Waals surface area (Å²) in [7, 11) is 1.12. The Morgan fingerprint density at radius 1 is 1.88 bits per heavy atom. The van der Waals surface area contributed by atoms with Crippen LogP contribution in [0.25, 0.3) is 0 Å². The Hall–Kier alpha value is -0.313. The molecule has 0 saturated carbocycles. The van der Waals surface area contributed by atoms with Crippen molar-refractivity contribution in [2.75, 3.05) is 6.61 Å². The average molecular weight is 130 g/mol. The largest absolute Gasteiger partial charge is 0.465 e. The zero-order valence-corrected chi connectivity index (χ0v) is 7.02. The summed E-state index contributed by atoms with van der Waals surface area (Å²) >= 11 is 0. The van der Waals surface area contributed by atoms with Crippen molar-refractivity contribution < 1.29 is 9.53 Å². The third-order valence-electron chi connectivity index (χ3n) is 1.54. The fourth-order valence-electron chi connectivity index (χ4n) is 0.908. The van der Waals surface area contributed by atoms with Gasteiger partial charge < -0.3 is 4.74 Å². The molecule has 1 rings (SSSR count). The number of hydrogen-bond donors (Lipinski definition) is 0. The van der Waals surface area contributed by atoms with Crippen molar-refractivity contribution in [3.05, 3.63) is 0 Å². The predicted octanol–water partition coefficient (Wildman–Crippen LogP) is -0.667. The molecule has 46 valence electrons. The highest BCUT2D eigenvalue weighted by atomic mass is 28.1.